The summed E-state index contributed by atoms with van der Waals surface area (Å²) >= 11 is 0. The van der Waals surface area contributed by atoms with E-state index in [9.17, 15) is 9.59 Å². The quantitative estimate of drug-likeness (QED) is 0.773. The van der Waals surface area contributed by atoms with Crippen LogP contribution >= 0.6 is 0 Å². The first-order valence-corrected chi connectivity index (χ1v) is 4.58. The Hall–Kier alpha value is -1.58. The number of nitrogens with zero attached hydrogens (tertiary/aromatic N) is 1. The fourth-order valence-corrected chi connectivity index (χ4v) is 1.23. The lowest BCUT2D eigenvalue weighted by Crippen LogP contribution is -2.25. The molecule has 14 heavy (non-hydrogen) atoms. The minimum atomic E-state index is -0.149. The number of rotatable bonds is 4. The van der Waals surface area contributed by atoms with Gasteiger partial charge in [0, 0.05) is 12.7 Å². The van der Waals surface area contributed by atoms with Crippen molar-refractivity contribution in [2.75, 3.05) is 11.9 Å². The predicted octanol–water partition coefficient (Wildman–Crippen LogP) is 0.869. The molecule has 0 saturated carbocycles. The van der Waals surface area contributed by atoms with Gasteiger partial charge in [-0.15, -0.1) is 0 Å². The van der Waals surface area contributed by atoms with Crippen molar-refractivity contribution in [1.82, 2.24) is 4.57 Å². The summed E-state index contributed by atoms with van der Waals surface area (Å²) in [5, 5.41) is 2.94. The van der Waals surface area contributed by atoms with Crippen molar-refractivity contribution in [3.05, 3.63) is 28.7 Å². The maximum absolute atomic E-state index is 11.6. The molecular formula is C10H14N2O2. The average molecular weight is 194 g/mol. The third kappa shape index (κ3) is 2.45. The van der Waals surface area contributed by atoms with Gasteiger partial charge in [-0.25, -0.2) is 0 Å². The highest BCUT2D eigenvalue weighted by Crippen LogP contribution is 1.97. The number of Topliss-reactive ketones (excluding diaryl/α,β-unsaturated/α-hetero) is 1. The Balaban J connectivity index is 3.01. The lowest BCUT2D eigenvalue weighted by molar-refractivity contribution is -0.117. The Kier molecular flexibility index (Phi) is 3.45. The summed E-state index contributed by atoms with van der Waals surface area (Å²) in [7, 11) is 0. The van der Waals surface area contributed by atoms with E-state index in [1.807, 2.05) is 6.92 Å². The van der Waals surface area contributed by atoms with Gasteiger partial charge in [0.05, 0.1) is 6.54 Å². The number of aromatic nitrogens is 1. The van der Waals surface area contributed by atoms with Crippen molar-refractivity contribution >= 4 is 11.5 Å². The number of carbonyl (C=O) groups excluding carboxylic acids is 1. The van der Waals surface area contributed by atoms with Crippen LogP contribution in [0.1, 0.15) is 13.8 Å². The molecule has 4 nitrogen and oxygen atoms in total. The molecule has 0 radical (unpaired) electrons. The molecule has 0 saturated heterocycles. The number of ketones is 1. The molecule has 4 heteroatoms. The molecule has 1 rings (SSSR count). The standard InChI is InChI=1S/C10H14N2O2/c1-3-11-9-5-4-6-12(10(9)14)7-8(2)13/h4-6,11H,3,7H2,1-2H3. The second kappa shape index (κ2) is 4.60. The second-order valence-electron chi connectivity index (χ2n) is 3.09. The molecule has 76 valence electrons. The maximum atomic E-state index is 11.6. The number of carbonyl (C=O) groups is 1. The zero-order valence-corrected chi connectivity index (χ0v) is 8.41. The zero-order valence-electron chi connectivity index (χ0n) is 8.41. The highest BCUT2D eigenvalue weighted by molar-refractivity contribution is 5.75. The SMILES string of the molecule is CCNc1cccn(CC(C)=O)c1=O. The summed E-state index contributed by atoms with van der Waals surface area (Å²) in [6.45, 7) is 4.21. The van der Waals surface area contributed by atoms with Crippen LogP contribution in [0.3, 0.4) is 0 Å². The van der Waals surface area contributed by atoms with Crippen molar-refractivity contribution in [2.24, 2.45) is 0 Å². The molecule has 0 bridgehead atoms. The minimum absolute atomic E-state index is 0.0271. The van der Waals surface area contributed by atoms with E-state index < -0.39 is 0 Å². The topological polar surface area (TPSA) is 51.1 Å². The second-order valence-corrected chi connectivity index (χ2v) is 3.09. The van der Waals surface area contributed by atoms with Gasteiger partial charge in [-0.05, 0) is 26.0 Å². The smallest absolute Gasteiger partial charge is 0.274 e. The van der Waals surface area contributed by atoms with Crippen LogP contribution < -0.4 is 10.9 Å². The van der Waals surface area contributed by atoms with Crippen LogP contribution in [0.25, 0.3) is 0 Å². The van der Waals surface area contributed by atoms with Crippen molar-refractivity contribution in [3.8, 4) is 0 Å². The summed E-state index contributed by atoms with van der Waals surface area (Å²) in [6, 6.07) is 3.46. The van der Waals surface area contributed by atoms with E-state index in [1.165, 1.54) is 11.5 Å². The Morgan fingerprint density at radius 1 is 1.57 bits per heavy atom. The van der Waals surface area contributed by atoms with Gasteiger partial charge in [-0.3, -0.25) is 9.59 Å². The highest BCUT2D eigenvalue weighted by Gasteiger charge is 2.02. The van der Waals surface area contributed by atoms with E-state index in [2.05, 4.69) is 5.32 Å². The summed E-state index contributed by atoms with van der Waals surface area (Å²) < 4.78 is 1.40. The van der Waals surface area contributed by atoms with Gasteiger partial charge in [0.2, 0.25) is 0 Å². The van der Waals surface area contributed by atoms with Gasteiger partial charge in [-0.1, -0.05) is 0 Å². The molecule has 0 aromatic carbocycles. The number of anilines is 1. The first kappa shape index (κ1) is 10.5. The van der Waals surface area contributed by atoms with Crippen LogP contribution in [0.2, 0.25) is 0 Å². The Bertz CT molecular complexity index is 382. The van der Waals surface area contributed by atoms with Crippen LogP contribution in [0.15, 0.2) is 23.1 Å². The number of hydrogen-bond donors (Lipinski definition) is 1. The van der Waals surface area contributed by atoms with Crippen LogP contribution in [0, 0.1) is 0 Å². The van der Waals surface area contributed by atoms with Crippen molar-refractivity contribution in [2.45, 2.75) is 20.4 Å². The van der Waals surface area contributed by atoms with Gasteiger partial charge in [0.1, 0.15) is 11.5 Å². The first-order chi connectivity index (χ1) is 6.65. The minimum Gasteiger partial charge on any atom is -0.381 e. The van der Waals surface area contributed by atoms with E-state index in [4.69, 9.17) is 0 Å². The summed E-state index contributed by atoms with van der Waals surface area (Å²) in [5.41, 5.74) is 0.390. The third-order valence-corrected chi connectivity index (χ3v) is 1.78. The lowest BCUT2D eigenvalue weighted by Gasteiger charge is -2.06. The third-order valence-electron chi connectivity index (χ3n) is 1.78. The fourth-order valence-electron chi connectivity index (χ4n) is 1.23. The highest BCUT2D eigenvalue weighted by atomic mass is 16.1. The van der Waals surface area contributed by atoms with Gasteiger partial charge < -0.3 is 9.88 Å². The molecule has 0 spiro atoms. The Morgan fingerprint density at radius 2 is 2.29 bits per heavy atom. The molecule has 1 N–H and O–H groups in total. The summed E-state index contributed by atoms with van der Waals surface area (Å²) in [6.07, 6.45) is 1.62. The molecule has 1 aromatic rings. The van der Waals surface area contributed by atoms with Crippen LogP contribution in [0.5, 0.6) is 0 Å². The molecule has 0 amide bonds. The lowest BCUT2D eigenvalue weighted by atomic mass is 10.3. The summed E-state index contributed by atoms with van der Waals surface area (Å²) in [4.78, 5) is 22.5. The normalized spacial score (nSPS) is 9.86. The largest absolute Gasteiger partial charge is 0.381 e. The molecule has 0 aliphatic heterocycles. The molecule has 0 atom stereocenters. The van der Waals surface area contributed by atoms with Crippen molar-refractivity contribution in [1.29, 1.82) is 0 Å². The predicted molar refractivity (Wildman–Crippen MR) is 55.5 cm³/mol. The summed E-state index contributed by atoms with van der Waals surface area (Å²) in [5.74, 6) is -0.0271. The van der Waals surface area contributed by atoms with E-state index >= 15 is 0 Å². The monoisotopic (exact) mass is 194 g/mol. The van der Waals surface area contributed by atoms with Crippen molar-refractivity contribution < 1.29 is 4.79 Å². The van der Waals surface area contributed by atoms with E-state index in [0.717, 1.165) is 0 Å². The zero-order chi connectivity index (χ0) is 10.6. The molecule has 0 aliphatic carbocycles. The number of pyridine rings is 1. The van der Waals surface area contributed by atoms with Crippen LogP contribution in [-0.4, -0.2) is 16.9 Å². The van der Waals surface area contributed by atoms with Gasteiger partial charge in [0.25, 0.3) is 5.56 Å². The van der Waals surface area contributed by atoms with Gasteiger partial charge >= 0.3 is 0 Å². The Labute approximate surface area is 82.6 Å². The first-order valence-electron chi connectivity index (χ1n) is 4.58. The van der Waals surface area contributed by atoms with E-state index in [0.29, 0.717) is 12.2 Å². The molecule has 1 heterocycles. The van der Waals surface area contributed by atoms with E-state index in [1.54, 1.807) is 18.3 Å². The molecule has 0 aliphatic rings. The van der Waals surface area contributed by atoms with Gasteiger partial charge in [-0.2, -0.15) is 0 Å². The van der Waals surface area contributed by atoms with Crippen LogP contribution in [-0.2, 0) is 11.3 Å². The van der Waals surface area contributed by atoms with Crippen LogP contribution in [0.4, 0.5) is 5.69 Å². The van der Waals surface area contributed by atoms with E-state index in [-0.39, 0.29) is 17.9 Å². The molecule has 1 aromatic heterocycles. The number of hydrogen-bond acceptors (Lipinski definition) is 3. The van der Waals surface area contributed by atoms with Crippen molar-refractivity contribution in [3.63, 3.8) is 0 Å². The Morgan fingerprint density at radius 3 is 2.86 bits per heavy atom. The molecule has 0 fully saturated rings. The fraction of sp³-hybridized carbons (Fsp3) is 0.400. The molecular weight excluding hydrogens is 180 g/mol. The van der Waals surface area contributed by atoms with Gasteiger partial charge in [0.15, 0.2) is 0 Å². The molecule has 0 unspecified atom stereocenters. The maximum Gasteiger partial charge on any atom is 0.274 e. The number of nitrogens with one attached hydrogen (secondary N) is 1. The average Bonchev–Trinajstić information content (AvgIpc) is 2.11.